The van der Waals surface area contributed by atoms with Crippen LogP contribution in [0.5, 0.6) is 0 Å². The van der Waals surface area contributed by atoms with Gasteiger partial charge in [0.05, 0.1) is 12.1 Å². The summed E-state index contributed by atoms with van der Waals surface area (Å²) in [5.41, 5.74) is 1.20. The molecule has 1 atom stereocenters. The van der Waals surface area contributed by atoms with E-state index in [1.165, 1.54) is 5.56 Å². The molecular formula is C16H20N4OS. The fraction of sp³-hybridized carbons (Fsp3) is 0.438. The summed E-state index contributed by atoms with van der Waals surface area (Å²) in [6.45, 7) is 2.35. The highest BCUT2D eigenvalue weighted by molar-refractivity contribution is 7.07. The van der Waals surface area contributed by atoms with Crippen LogP contribution in [0.2, 0.25) is 0 Å². The van der Waals surface area contributed by atoms with Crippen LogP contribution < -0.4 is 4.90 Å². The van der Waals surface area contributed by atoms with E-state index < -0.39 is 0 Å². The monoisotopic (exact) mass is 316 g/mol. The smallest absolute Gasteiger partial charge is 0.227 e. The van der Waals surface area contributed by atoms with Gasteiger partial charge in [0.2, 0.25) is 5.91 Å². The van der Waals surface area contributed by atoms with E-state index in [9.17, 15) is 4.79 Å². The Balaban J connectivity index is 1.62. The lowest BCUT2D eigenvalue weighted by atomic mass is 9.96. The zero-order valence-electron chi connectivity index (χ0n) is 12.7. The highest BCUT2D eigenvalue weighted by Crippen LogP contribution is 2.23. The van der Waals surface area contributed by atoms with Crippen LogP contribution in [-0.2, 0) is 11.3 Å². The third-order valence-corrected chi connectivity index (χ3v) is 4.75. The minimum absolute atomic E-state index is 0.0411. The lowest BCUT2D eigenvalue weighted by Gasteiger charge is -2.34. The van der Waals surface area contributed by atoms with Crippen molar-refractivity contribution in [2.45, 2.75) is 19.4 Å². The maximum atomic E-state index is 12.7. The molecule has 22 heavy (non-hydrogen) atoms. The zero-order chi connectivity index (χ0) is 15.4. The second-order valence-electron chi connectivity index (χ2n) is 5.67. The van der Waals surface area contributed by atoms with Gasteiger partial charge in [-0.2, -0.15) is 11.3 Å². The van der Waals surface area contributed by atoms with Gasteiger partial charge in [-0.25, -0.2) is 4.98 Å². The number of anilines is 1. The van der Waals surface area contributed by atoms with Gasteiger partial charge < -0.3 is 9.80 Å². The molecule has 1 amide bonds. The SMILES string of the molecule is CN(Cc1ccsc1)C(=O)[C@H]1CCCN(c2cnccn2)C1. The van der Waals surface area contributed by atoms with E-state index in [0.29, 0.717) is 6.54 Å². The molecule has 6 heteroatoms. The number of rotatable bonds is 4. The molecule has 0 unspecified atom stereocenters. The Morgan fingerprint density at radius 2 is 2.41 bits per heavy atom. The first-order valence-corrected chi connectivity index (χ1v) is 8.45. The van der Waals surface area contributed by atoms with E-state index in [0.717, 1.165) is 31.7 Å². The van der Waals surface area contributed by atoms with Gasteiger partial charge in [0, 0.05) is 39.1 Å². The number of thiophene rings is 1. The summed E-state index contributed by atoms with van der Waals surface area (Å²) in [5.74, 6) is 1.12. The van der Waals surface area contributed by atoms with E-state index in [1.54, 1.807) is 29.9 Å². The van der Waals surface area contributed by atoms with Crippen molar-refractivity contribution in [1.29, 1.82) is 0 Å². The lowest BCUT2D eigenvalue weighted by Crippen LogP contribution is -2.43. The minimum atomic E-state index is 0.0411. The first-order valence-electron chi connectivity index (χ1n) is 7.51. The average Bonchev–Trinajstić information content (AvgIpc) is 3.08. The minimum Gasteiger partial charge on any atom is -0.355 e. The molecular weight excluding hydrogens is 296 g/mol. The molecule has 0 radical (unpaired) electrons. The van der Waals surface area contributed by atoms with Crippen LogP contribution in [-0.4, -0.2) is 40.9 Å². The van der Waals surface area contributed by atoms with Crippen molar-refractivity contribution in [1.82, 2.24) is 14.9 Å². The third kappa shape index (κ3) is 3.44. The Morgan fingerprint density at radius 3 is 3.14 bits per heavy atom. The van der Waals surface area contributed by atoms with Crippen LogP contribution in [0.4, 0.5) is 5.82 Å². The molecule has 3 rings (SSSR count). The van der Waals surface area contributed by atoms with Crippen molar-refractivity contribution < 1.29 is 4.79 Å². The molecule has 0 saturated carbocycles. The zero-order valence-corrected chi connectivity index (χ0v) is 13.5. The van der Waals surface area contributed by atoms with E-state index in [4.69, 9.17) is 0 Å². The maximum absolute atomic E-state index is 12.7. The summed E-state index contributed by atoms with van der Waals surface area (Å²) in [4.78, 5) is 25.1. The first kappa shape index (κ1) is 15.0. The fourth-order valence-corrected chi connectivity index (χ4v) is 3.55. The Morgan fingerprint density at radius 1 is 1.50 bits per heavy atom. The summed E-state index contributed by atoms with van der Waals surface area (Å²) in [6, 6.07) is 2.07. The molecule has 3 heterocycles. The molecule has 0 spiro atoms. The number of hydrogen-bond donors (Lipinski definition) is 0. The fourth-order valence-electron chi connectivity index (χ4n) is 2.89. The van der Waals surface area contributed by atoms with Gasteiger partial charge in [0.1, 0.15) is 5.82 Å². The van der Waals surface area contributed by atoms with Crippen molar-refractivity contribution >= 4 is 23.1 Å². The van der Waals surface area contributed by atoms with Crippen molar-refractivity contribution in [3.05, 3.63) is 41.0 Å². The van der Waals surface area contributed by atoms with E-state index >= 15 is 0 Å². The maximum Gasteiger partial charge on any atom is 0.227 e. The number of nitrogens with zero attached hydrogens (tertiary/aromatic N) is 4. The van der Waals surface area contributed by atoms with Gasteiger partial charge in [0.25, 0.3) is 0 Å². The number of hydrogen-bond acceptors (Lipinski definition) is 5. The summed E-state index contributed by atoms with van der Waals surface area (Å²) in [5, 5.41) is 4.14. The van der Waals surface area contributed by atoms with Crippen LogP contribution in [0.3, 0.4) is 0 Å². The average molecular weight is 316 g/mol. The van der Waals surface area contributed by atoms with Crippen LogP contribution in [0.15, 0.2) is 35.4 Å². The second-order valence-corrected chi connectivity index (χ2v) is 6.45. The first-order chi connectivity index (χ1) is 10.7. The van der Waals surface area contributed by atoms with Gasteiger partial charge >= 0.3 is 0 Å². The number of carbonyl (C=O) groups excluding carboxylic acids is 1. The largest absolute Gasteiger partial charge is 0.355 e. The summed E-state index contributed by atoms with van der Waals surface area (Å²) >= 11 is 1.67. The quantitative estimate of drug-likeness (QED) is 0.869. The molecule has 1 aliphatic rings. The van der Waals surface area contributed by atoms with Gasteiger partial charge in [-0.05, 0) is 35.2 Å². The van der Waals surface area contributed by atoms with Crippen LogP contribution in [0, 0.1) is 5.92 Å². The predicted octanol–water partition coefficient (Wildman–Crippen LogP) is 2.41. The standard InChI is InChI=1S/C16H20N4OS/c1-19(10-13-4-8-22-12-13)16(21)14-3-2-7-20(11-14)15-9-17-5-6-18-15/h4-6,8-9,12,14H,2-3,7,10-11H2,1H3/t14-/m0/s1. The topological polar surface area (TPSA) is 49.3 Å². The second kappa shape index (κ2) is 6.87. The van der Waals surface area contributed by atoms with Crippen molar-refractivity contribution in [2.75, 3.05) is 25.0 Å². The van der Waals surface area contributed by atoms with E-state index in [-0.39, 0.29) is 11.8 Å². The molecule has 2 aromatic rings. The van der Waals surface area contributed by atoms with E-state index in [1.807, 2.05) is 17.3 Å². The molecule has 0 N–H and O–H groups in total. The van der Waals surface area contributed by atoms with Gasteiger partial charge in [-0.1, -0.05) is 0 Å². The van der Waals surface area contributed by atoms with Gasteiger partial charge in [-0.15, -0.1) is 0 Å². The number of piperidine rings is 1. The van der Waals surface area contributed by atoms with Gasteiger partial charge in [0.15, 0.2) is 0 Å². The summed E-state index contributed by atoms with van der Waals surface area (Å²) in [6.07, 6.45) is 7.10. The van der Waals surface area contributed by atoms with Crippen LogP contribution in [0.25, 0.3) is 0 Å². The Kier molecular flexibility index (Phi) is 4.68. The van der Waals surface area contributed by atoms with Crippen molar-refractivity contribution in [2.24, 2.45) is 5.92 Å². The van der Waals surface area contributed by atoms with Crippen LogP contribution >= 0.6 is 11.3 Å². The van der Waals surface area contributed by atoms with Gasteiger partial charge in [-0.3, -0.25) is 9.78 Å². The molecule has 0 aromatic carbocycles. The Bertz CT molecular complexity index is 602. The predicted molar refractivity (Wildman–Crippen MR) is 87.8 cm³/mol. The highest BCUT2D eigenvalue weighted by Gasteiger charge is 2.28. The Hall–Kier alpha value is -1.95. The summed E-state index contributed by atoms with van der Waals surface area (Å²) in [7, 11) is 1.89. The van der Waals surface area contributed by atoms with Crippen LogP contribution in [0.1, 0.15) is 18.4 Å². The molecule has 116 valence electrons. The van der Waals surface area contributed by atoms with Crippen molar-refractivity contribution in [3.8, 4) is 0 Å². The Labute approximate surface area is 134 Å². The molecule has 1 aliphatic heterocycles. The molecule has 1 saturated heterocycles. The molecule has 0 bridgehead atoms. The lowest BCUT2D eigenvalue weighted by molar-refractivity contribution is -0.135. The third-order valence-electron chi connectivity index (χ3n) is 4.02. The summed E-state index contributed by atoms with van der Waals surface area (Å²) < 4.78 is 0. The molecule has 5 nitrogen and oxygen atoms in total. The normalized spacial score (nSPS) is 18.2. The molecule has 0 aliphatic carbocycles. The number of aromatic nitrogens is 2. The molecule has 1 fully saturated rings. The number of amides is 1. The van der Waals surface area contributed by atoms with E-state index in [2.05, 4.69) is 26.3 Å². The number of carbonyl (C=O) groups is 1. The highest BCUT2D eigenvalue weighted by atomic mass is 32.1. The molecule has 2 aromatic heterocycles. The van der Waals surface area contributed by atoms with Crippen molar-refractivity contribution in [3.63, 3.8) is 0 Å².